The first-order chi connectivity index (χ1) is 15.0. The molecule has 2 amide bonds. The first kappa shape index (κ1) is 22.7. The van der Waals surface area contributed by atoms with Crippen LogP contribution in [0.5, 0.6) is 11.6 Å². The Morgan fingerprint density at radius 3 is 2.87 bits per heavy atom. The molecule has 2 aromatic rings. The summed E-state index contributed by atoms with van der Waals surface area (Å²) < 4.78 is 11.1. The van der Waals surface area contributed by atoms with E-state index < -0.39 is 0 Å². The summed E-state index contributed by atoms with van der Waals surface area (Å²) in [5.41, 5.74) is 3.16. The third-order valence-corrected chi connectivity index (χ3v) is 5.52. The number of urea groups is 1. The lowest BCUT2D eigenvalue weighted by atomic mass is 9.91. The van der Waals surface area contributed by atoms with E-state index in [-0.39, 0.29) is 18.1 Å². The molecule has 0 aliphatic carbocycles. The van der Waals surface area contributed by atoms with E-state index >= 15 is 0 Å². The molecule has 6 heteroatoms. The fourth-order valence-corrected chi connectivity index (χ4v) is 3.82. The maximum atomic E-state index is 12.7. The summed E-state index contributed by atoms with van der Waals surface area (Å²) in [5.74, 6) is 1.72. The third-order valence-electron chi connectivity index (χ3n) is 5.52. The number of hydrogen-bond acceptors (Lipinski definition) is 4. The summed E-state index contributed by atoms with van der Waals surface area (Å²) in [4.78, 5) is 18.6. The normalized spacial score (nSPS) is 18.5. The number of pyridine rings is 1. The van der Waals surface area contributed by atoms with Crippen LogP contribution >= 0.6 is 0 Å². The summed E-state index contributed by atoms with van der Waals surface area (Å²) in [6.45, 7) is 7.83. The Hall–Kier alpha value is -3.02. The number of carbonyl (C=O) groups is 1. The zero-order valence-corrected chi connectivity index (χ0v) is 18.9. The zero-order valence-electron chi connectivity index (χ0n) is 18.9. The SMILES string of the molecule is CCCC(C)Oc1cccc(C=C2CCN(C(=O)Nc3ccc(OC)nc3)CC2C)c1. The van der Waals surface area contributed by atoms with Gasteiger partial charge in [-0.3, -0.25) is 0 Å². The second-order valence-corrected chi connectivity index (χ2v) is 8.13. The van der Waals surface area contributed by atoms with Gasteiger partial charge in [-0.05, 0) is 49.4 Å². The molecule has 1 fully saturated rings. The summed E-state index contributed by atoms with van der Waals surface area (Å²) in [6.07, 6.45) is 7.08. The summed E-state index contributed by atoms with van der Waals surface area (Å²) in [6, 6.07) is 11.7. The summed E-state index contributed by atoms with van der Waals surface area (Å²) >= 11 is 0. The number of aromatic nitrogens is 1. The predicted molar refractivity (Wildman–Crippen MR) is 125 cm³/mol. The lowest BCUT2D eigenvalue weighted by molar-refractivity contribution is 0.198. The molecule has 1 aromatic carbocycles. The molecule has 1 saturated heterocycles. The van der Waals surface area contributed by atoms with E-state index in [0.29, 0.717) is 24.7 Å². The first-order valence-electron chi connectivity index (χ1n) is 11.0. The van der Waals surface area contributed by atoms with Gasteiger partial charge >= 0.3 is 6.03 Å². The third kappa shape index (κ3) is 6.48. The zero-order chi connectivity index (χ0) is 22.2. The number of amides is 2. The van der Waals surface area contributed by atoms with Gasteiger partial charge in [0.25, 0.3) is 0 Å². The van der Waals surface area contributed by atoms with Gasteiger partial charge in [-0.2, -0.15) is 0 Å². The molecule has 2 unspecified atom stereocenters. The van der Waals surface area contributed by atoms with Crippen LogP contribution in [0.25, 0.3) is 6.08 Å². The van der Waals surface area contributed by atoms with Gasteiger partial charge in [0.1, 0.15) is 5.75 Å². The molecule has 2 atom stereocenters. The molecule has 0 spiro atoms. The van der Waals surface area contributed by atoms with Crippen molar-refractivity contribution in [1.82, 2.24) is 9.88 Å². The minimum absolute atomic E-state index is 0.0989. The largest absolute Gasteiger partial charge is 0.491 e. The molecule has 3 rings (SSSR count). The topological polar surface area (TPSA) is 63.7 Å². The standard InChI is InChI=1S/C25H33N3O3/c1-5-7-19(3)31-23-9-6-8-20(15-23)14-21-12-13-28(17-18(21)2)25(29)27-22-10-11-24(30-4)26-16-22/h6,8-11,14-16,18-19H,5,7,12-13,17H2,1-4H3,(H,27,29). The highest BCUT2D eigenvalue weighted by atomic mass is 16.5. The second-order valence-electron chi connectivity index (χ2n) is 8.13. The highest BCUT2D eigenvalue weighted by molar-refractivity contribution is 5.89. The van der Waals surface area contributed by atoms with Gasteiger partial charge in [-0.15, -0.1) is 0 Å². The number of carbonyl (C=O) groups excluding carboxylic acids is 1. The number of benzene rings is 1. The Labute approximate surface area is 185 Å². The van der Waals surface area contributed by atoms with Crippen LogP contribution in [-0.4, -0.2) is 42.2 Å². The smallest absolute Gasteiger partial charge is 0.321 e. The van der Waals surface area contributed by atoms with Crippen LogP contribution in [-0.2, 0) is 0 Å². The molecule has 1 aliphatic heterocycles. The lowest BCUT2D eigenvalue weighted by Crippen LogP contribution is -2.42. The van der Waals surface area contributed by atoms with Gasteiger partial charge in [0.05, 0.1) is 25.1 Å². The van der Waals surface area contributed by atoms with E-state index in [4.69, 9.17) is 9.47 Å². The number of methoxy groups -OCH3 is 1. The Kier molecular flexibility index (Phi) is 7.93. The molecule has 31 heavy (non-hydrogen) atoms. The Balaban J connectivity index is 1.59. The van der Waals surface area contributed by atoms with Crippen molar-refractivity contribution in [3.63, 3.8) is 0 Å². The molecule has 1 N–H and O–H groups in total. The molecule has 1 aromatic heterocycles. The average molecular weight is 424 g/mol. The Morgan fingerprint density at radius 2 is 2.19 bits per heavy atom. The van der Waals surface area contributed by atoms with E-state index in [2.05, 4.69) is 49.3 Å². The average Bonchev–Trinajstić information content (AvgIpc) is 2.76. The molecular formula is C25H33N3O3. The molecular weight excluding hydrogens is 390 g/mol. The van der Waals surface area contributed by atoms with Crippen molar-refractivity contribution in [2.45, 2.75) is 46.1 Å². The minimum Gasteiger partial charge on any atom is -0.491 e. The van der Waals surface area contributed by atoms with Crippen molar-refractivity contribution >= 4 is 17.8 Å². The Morgan fingerprint density at radius 1 is 1.35 bits per heavy atom. The molecule has 2 heterocycles. The second kappa shape index (κ2) is 10.8. The minimum atomic E-state index is -0.0989. The van der Waals surface area contributed by atoms with Crippen molar-refractivity contribution in [3.8, 4) is 11.6 Å². The maximum Gasteiger partial charge on any atom is 0.321 e. The van der Waals surface area contributed by atoms with E-state index in [1.165, 1.54) is 5.57 Å². The molecule has 6 nitrogen and oxygen atoms in total. The van der Waals surface area contributed by atoms with Gasteiger partial charge in [0.2, 0.25) is 5.88 Å². The van der Waals surface area contributed by atoms with Crippen LogP contribution in [0.3, 0.4) is 0 Å². The highest BCUT2D eigenvalue weighted by Gasteiger charge is 2.24. The number of nitrogens with one attached hydrogen (secondary N) is 1. The van der Waals surface area contributed by atoms with Gasteiger partial charge in [0.15, 0.2) is 0 Å². The molecule has 0 radical (unpaired) electrons. The fourth-order valence-electron chi connectivity index (χ4n) is 3.82. The molecule has 0 saturated carbocycles. The maximum absolute atomic E-state index is 12.7. The molecule has 166 valence electrons. The lowest BCUT2D eigenvalue weighted by Gasteiger charge is -2.33. The number of hydrogen-bond donors (Lipinski definition) is 1. The molecule has 0 bridgehead atoms. The van der Waals surface area contributed by atoms with Crippen LogP contribution in [0.1, 0.15) is 45.6 Å². The quantitative estimate of drug-likeness (QED) is 0.628. The monoisotopic (exact) mass is 423 g/mol. The number of rotatable bonds is 7. The highest BCUT2D eigenvalue weighted by Crippen LogP contribution is 2.27. The van der Waals surface area contributed by atoms with E-state index in [1.54, 1.807) is 25.4 Å². The van der Waals surface area contributed by atoms with E-state index in [9.17, 15) is 4.79 Å². The number of nitrogens with zero attached hydrogens (tertiary/aromatic N) is 2. The number of piperidine rings is 1. The van der Waals surface area contributed by atoms with Crippen molar-refractivity contribution in [2.75, 3.05) is 25.5 Å². The first-order valence-corrected chi connectivity index (χ1v) is 11.0. The van der Waals surface area contributed by atoms with Gasteiger partial charge in [0, 0.05) is 19.2 Å². The van der Waals surface area contributed by atoms with Crippen LogP contribution in [0.2, 0.25) is 0 Å². The van der Waals surface area contributed by atoms with Crippen molar-refractivity contribution < 1.29 is 14.3 Å². The van der Waals surface area contributed by atoms with E-state index in [0.717, 1.165) is 30.6 Å². The van der Waals surface area contributed by atoms with Crippen molar-refractivity contribution in [2.24, 2.45) is 5.92 Å². The predicted octanol–water partition coefficient (Wildman–Crippen LogP) is 5.61. The van der Waals surface area contributed by atoms with Crippen LogP contribution in [0, 0.1) is 5.92 Å². The number of likely N-dealkylation sites (tertiary alicyclic amines) is 1. The van der Waals surface area contributed by atoms with Gasteiger partial charge in [-0.1, -0.05) is 44.1 Å². The fraction of sp³-hybridized carbons (Fsp3) is 0.440. The van der Waals surface area contributed by atoms with Crippen LogP contribution in [0.15, 0.2) is 48.2 Å². The van der Waals surface area contributed by atoms with Crippen molar-refractivity contribution in [3.05, 3.63) is 53.7 Å². The number of ether oxygens (including phenoxy) is 2. The summed E-state index contributed by atoms with van der Waals surface area (Å²) in [5, 5.41) is 2.92. The van der Waals surface area contributed by atoms with Crippen molar-refractivity contribution in [1.29, 1.82) is 0 Å². The Bertz CT molecular complexity index is 895. The van der Waals surface area contributed by atoms with Crippen LogP contribution in [0.4, 0.5) is 10.5 Å². The van der Waals surface area contributed by atoms with Gasteiger partial charge in [-0.25, -0.2) is 9.78 Å². The van der Waals surface area contributed by atoms with E-state index in [1.807, 2.05) is 17.0 Å². The van der Waals surface area contributed by atoms with Gasteiger partial charge < -0.3 is 19.7 Å². The van der Waals surface area contributed by atoms with Crippen LogP contribution < -0.4 is 14.8 Å². The summed E-state index contributed by atoms with van der Waals surface area (Å²) in [7, 11) is 1.57. The molecule has 1 aliphatic rings. The number of anilines is 1.